The van der Waals surface area contributed by atoms with Crippen LogP contribution in [0, 0.1) is 0 Å². The van der Waals surface area contributed by atoms with Crippen LogP contribution in [0.25, 0.3) is 10.9 Å². The molecule has 1 aliphatic rings. The first-order chi connectivity index (χ1) is 11.8. The van der Waals surface area contributed by atoms with Crippen molar-refractivity contribution >= 4 is 29.2 Å². The molecular weight excluding hydrogens is 334 g/mol. The fourth-order valence-electron chi connectivity index (χ4n) is 3.80. The number of nitrogens with one attached hydrogen (secondary N) is 1. The number of likely N-dealkylation sites (tertiary alicyclic amines) is 1. The van der Waals surface area contributed by atoms with Gasteiger partial charge in [0.1, 0.15) is 0 Å². The molecule has 138 valence electrons. The summed E-state index contributed by atoms with van der Waals surface area (Å²) in [6.07, 6.45) is 9.33. The van der Waals surface area contributed by atoms with Gasteiger partial charge in [0.25, 0.3) is 0 Å². The second-order valence-corrected chi connectivity index (χ2v) is 6.90. The Kier molecular flexibility index (Phi) is 7.79. The van der Waals surface area contributed by atoms with Crippen molar-refractivity contribution in [1.82, 2.24) is 9.88 Å². The van der Waals surface area contributed by atoms with Crippen LogP contribution in [0.15, 0.2) is 30.5 Å². The summed E-state index contributed by atoms with van der Waals surface area (Å²) in [5, 5.41) is 1.34. The summed E-state index contributed by atoms with van der Waals surface area (Å²) < 4.78 is 0. The Morgan fingerprint density at radius 1 is 1.12 bits per heavy atom. The van der Waals surface area contributed by atoms with Crippen LogP contribution >= 0.6 is 12.4 Å². The number of hydrogen-bond donors (Lipinski definition) is 2. The first-order valence-electron chi connectivity index (χ1n) is 9.33. The lowest BCUT2D eigenvalue weighted by Gasteiger charge is -2.32. The highest BCUT2D eigenvalue weighted by Gasteiger charge is 2.24. The molecule has 25 heavy (non-hydrogen) atoms. The predicted octanol–water partition coefficient (Wildman–Crippen LogP) is 4.20. The summed E-state index contributed by atoms with van der Waals surface area (Å²) in [5.41, 5.74) is 8.13. The van der Waals surface area contributed by atoms with E-state index in [2.05, 4.69) is 40.3 Å². The number of benzene rings is 1. The molecule has 4 nitrogen and oxygen atoms in total. The van der Waals surface area contributed by atoms with Gasteiger partial charge in [-0.1, -0.05) is 31.0 Å². The fourth-order valence-corrected chi connectivity index (χ4v) is 3.80. The summed E-state index contributed by atoms with van der Waals surface area (Å²) in [6.45, 7) is 2.55. The average Bonchev–Trinajstić information content (AvgIpc) is 3.05. The number of fused-ring (bicyclic) bond motifs is 1. The van der Waals surface area contributed by atoms with Crippen molar-refractivity contribution < 1.29 is 4.79 Å². The third-order valence-electron chi connectivity index (χ3n) is 5.25. The van der Waals surface area contributed by atoms with Gasteiger partial charge in [-0.05, 0) is 49.8 Å². The lowest BCUT2D eigenvalue weighted by molar-refractivity contribution is -0.132. The summed E-state index contributed by atoms with van der Waals surface area (Å²) >= 11 is 0. The number of nitrogens with zero attached hydrogens (tertiary/aromatic N) is 1. The Hall–Kier alpha value is -1.52. The Labute approximate surface area is 156 Å². The molecule has 0 saturated carbocycles. The van der Waals surface area contributed by atoms with Crippen LogP contribution in [0.4, 0.5) is 0 Å². The number of piperidine rings is 1. The summed E-state index contributed by atoms with van der Waals surface area (Å²) in [4.78, 5) is 17.8. The number of unbranched alkanes of at least 4 members (excludes halogenated alkanes) is 3. The second-order valence-electron chi connectivity index (χ2n) is 6.90. The van der Waals surface area contributed by atoms with Crippen molar-refractivity contribution in [3.05, 3.63) is 36.0 Å². The minimum Gasteiger partial charge on any atom is -0.361 e. The van der Waals surface area contributed by atoms with E-state index in [1.54, 1.807) is 0 Å². The van der Waals surface area contributed by atoms with Gasteiger partial charge in [0.2, 0.25) is 5.91 Å². The van der Waals surface area contributed by atoms with Gasteiger partial charge in [-0.25, -0.2) is 0 Å². The molecule has 0 atom stereocenters. The summed E-state index contributed by atoms with van der Waals surface area (Å²) in [7, 11) is 0. The average molecular weight is 364 g/mol. The number of amides is 1. The number of para-hydroxylation sites is 1. The van der Waals surface area contributed by atoms with Crippen molar-refractivity contribution in [2.45, 2.75) is 50.9 Å². The van der Waals surface area contributed by atoms with Gasteiger partial charge in [0.15, 0.2) is 0 Å². The molecule has 2 heterocycles. The zero-order chi connectivity index (χ0) is 16.8. The van der Waals surface area contributed by atoms with Crippen molar-refractivity contribution in [3.8, 4) is 0 Å². The monoisotopic (exact) mass is 363 g/mol. The Balaban J connectivity index is 0.00000225. The zero-order valence-corrected chi connectivity index (χ0v) is 15.7. The van der Waals surface area contributed by atoms with Crippen molar-refractivity contribution in [2.24, 2.45) is 5.73 Å². The predicted molar refractivity (Wildman–Crippen MR) is 106 cm³/mol. The quantitative estimate of drug-likeness (QED) is 0.724. The number of rotatable bonds is 7. The SMILES string of the molecule is Cl.NCCCCCCC(=O)N1CCC(c2c[nH]c3ccccc23)CC1. The maximum Gasteiger partial charge on any atom is 0.222 e. The smallest absolute Gasteiger partial charge is 0.222 e. The molecule has 2 aromatic rings. The number of halogens is 1. The van der Waals surface area contributed by atoms with Crippen LogP contribution in [0.3, 0.4) is 0 Å². The molecule has 0 spiro atoms. The molecule has 0 radical (unpaired) electrons. The van der Waals surface area contributed by atoms with Gasteiger partial charge in [0, 0.05) is 36.6 Å². The molecule has 3 rings (SSSR count). The van der Waals surface area contributed by atoms with Crippen LogP contribution in [0.1, 0.15) is 56.4 Å². The molecule has 5 heteroatoms. The van der Waals surface area contributed by atoms with E-state index in [0.29, 0.717) is 18.2 Å². The normalized spacial score (nSPS) is 15.3. The standard InChI is InChI=1S/C20H29N3O.ClH/c21-12-6-2-1-3-9-20(24)23-13-10-16(11-14-23)18-15-22-19-8-5-4-7-17(18)19;/h4-5,7-8,15-16,22H,1-3,6,9-14,21H2;1H. The molecular formula is C20H30ClN3O. The minimum atomic E-state index is 0. The maximum atomic E-state index is 12.3. The lowest BCUT2D eigenvalue weighted by Crippen LogP contribution is -2.37. The molecule has 1 aliphatic heterocycles. The first-order valence-corrected chi connectivity index (χ1v) is 9.33. The van der Waals surface area contributed by atoms with Crippen LogP contribution in [0.2, 0.25) is 0 Å². The van der Waals surface area contributed by atoms with E-state index >= 15 is 0 Å². The van der Waals surface area contributed by atoms with E-state index in [9.17, 15) is 4.79 Å². The summed E-state index contributed by atoms with van der Waals surface area (Å²) in [6, 6.07) is 8.49. The van der Waals surface area contributed by atoms with Crippen LogP contribution in [0.5, 0.6) is 0 Å². The highest BCUT2D eigenvalue weighted by Crippen LogP contribution is 2.33. The Morgan fingerprint density at radius 2 is 1.84 bits per heavy atom. The largest absolute Gasteiger partial charge is 0.361 e. The Morgan fingerprint density at radius 3 is 2.60 bits per heavy atom. The van der Waals surface area contributed by atoms with Crippen molar-refractivity contribution in [1.29, 1.82) is 0 Å². The van der Waals surface area contributed by atoms with Crippen LogP contribution in [-0.2, 0) is 4.79 Å². The first kappa shape index (κ1) is 19.8. The Bertz CT molecular complexity index is 662. The molecule has 1 fully saturated rings. The van der Waals surface area contributed by atoms with Gasteiger partial charge in [-0.3, -0.25) is 4.79 Å². The molecule has 1 saturated heterocycles. The highest BCUT2D eigenvalue weighted by atomic mass is 35.5. The number of hydrogen-bond acceptors (Lipinski definition) is 2. The molecule has 0 aliphatic carbocycles. The van der Waals surface area contributed by atoms with E-state index in [0.717, 1.165) is 58.2 Å². The third-order valence-corrected chi connectivity index (χ3v) is 5.25. The maximum absolute atomic E-state index is 12.3. The number of aromatic nitrogens is 1. The van der Waals surface area contributed by atoms with Crippen LogP contribution in [-0.4, -0.2) is 35.4 Å². The fraction of sp³-hybridized carbons (Fsp3) is 0.550. The van der Waals surface area contributed by atoms with Gasteiger partial charge in [-0.15, -0.1) is 12.4 Å². The van der Waals surface area contributed by atoms with E-state index in [4.69, 9.17) is 5.73 Å². The van der Waals surface area contributed by atoms with Gasteiger partial charge in [0.05, 0.1) is 0 Å². The number of nitrogens with two attached hydrogens (primary N) is 1. The minimum absolute atomic E-state index is 0. The van der Waals surface area contributed by atoms with E-state index in [-0.39, 0.29) is 12.4 Å². The zero-order valence-electron chi connectivity index (χ0n) is 14.9. The summed E-state index contributed by atoms with van der Waals surface area (Å²) in [5.74, 6) is 0.898. The topological polar surface area (TPSA) is 62.1 Å². The van der Waals surface area contributed by atoms with Gasteiger partial charge in [-0.2, -0.15) is 0 Å². The van der Waals surface area contributed by atoms with E-state index in [1.165, 1.54) is 16.5 Å². The number of H-pyrrole nitrogens is 1. The lowest BCUT2D eigenvalue weighted by atomic mass is 9.89. The van der Waals surface area contributed by atoms with Crippen molar-refractivity contribution in [3.63, 3.8) is 0 Å². The number of carbonyl (C=O) groups excluding carboxylic acids is 1. The molecule has 1 aromatic carbocycles. The molecule has 3 N–H and O–H groups in total. The number of carbonyl (C=O) groups is 1. The van der Waals surface area contributed by atoms with E-state index < -0.39 is 0 Å². The highest BCUT2D eigenvalue weighted by molar-refractivity contribution is 5.85. The molecule has 1 aromatic heterocycles. The van der Waals surface area contributed by atoms with Crippen molar-refractivity contribution in [2.75, 3.05) is 19.6 Å². The second kappa shape index (κ2) is 9.83. The van der Waals surface area contributed by atoms with Gasteiger partial charge < -0.3 is 15.6 Å². The van der Waals surface area contributed by atoms with Crippen LogP contribution < -0.4 is 5.73 Å². The molecule has 0 unspecified atom stereocenters. The van der Waals surface area contributed by atoms with Gasteiger partial charge >= 0.3 is 0 Å². The third kappa shape index (κ3) is 4.99. The van der Waals surface area contributed by atoms with E-state index in [1.807, 2.05) is 0 Å². The molecule has 0 bridgehead atoms. The molecule has 1 amide bonds. The number of aromatic amines is 1.